The SMILES string of the molecule is CCCCCCCC(CC)CC(C)CCCCCC. The Hall–Kier alpha value is 0. The van der Waals surface area contributed by atoms with Gasteiger partial charge in [-0.05, 0) is 18.3 Å². The van der Waals surface area contributed by atoms with Gasteiger partial charge in [0.1, 0.15) is 0 Å². The molecule has 0 aromatic carbocycles. The van der Waals surface area contributed by atoms with E-state index in [0.29, 0.717) is 0 Å². The molecule has 2 atom stereocenters. The van der Waals surface area contributed by atoms with E-state index in [4.69, 9.17) is 0 Å². The third-order valence-corrected chi connectivity index (χ3v) is 4.58. The van der Waals surface area contributed by atoms with Crippen LogP contribution in [0.15, 0.2) is 0 Å². The molecule has 0 aliphatic heterocycles. The highest BCUT2D eigenvalue weighted by molar-refractivity contribution is 4.63. The zero-order valence-corrected chi connectivity index (χ0v) is 14.3. The lowest BCUT2D eigenvalue weighted by Crippen LogP contribution is -2.06. The largest absolute Gasteiger partial charge is 0.0654 e. The van der Waals surface area contributed by atoms with Crippen LogP contribution in [-0.2, 0) is 0 Å². The Morgan fingerprint density at radius 1 is 0.632 bits per heavy atom. The van der Waals surface area contributed by atoms with Crippen molar-refractivity contribution < 1.29 is 0 Å². The molecule has 0 aromatic rings. The molecule has 0 N–H and O–H groups in total. The van der Waals surface area contributed by atoms with Crippen LogP contribution in [0.1, 0.15) is 111 Å². The fourth-order valence-corrected chi connectivity index (χ4v) is 3.13. The lowest BCUT2D eigenvalue weighted by atomic mass is 9.87. The van der Waals surface area contributed by atoms with Gasteiger partial charge in [0.2, 0.25) is 0 Å². The van der Waals surface area contributed by atoms with Crippen LogP contribution in [0, 0.1) is 11.8 Å². The number of rotatable bonds is 14. The molecule has 0 bridgehead atoms. The van der Waals surface area contributed by atoms with Crippen LogP contribution in [0.5, 0.6) is 0 Å². The van der Waals surface area contributed by atoms with E-state index in [1.165, 1.54) is 83.5 Å². The van der Waals surface area contributed by atoms with Crippen molar-refractivity contribution in [2.45, 2.75) is 111 Å². The highest BCUT2D eigenvalue weighted by Crippen LogP contribution is 2.25. The standard InChI is InChI=1S/C19H40/c1-5-8-10-12-14-16-19(7-3)17-18(4)15-13-11-9-6-2/h18-19H,5-17H2,1-4H3. The van der Waals surface area contributed by atoms with E-state index < -0.39 is 0 Å². The lowest BCUT2D eigenvalue weighted by Gasteiger charge is -2.19. The molecular formula is C19H40. The molecule has 0 saturated heterocycles. The van der Waals surface area contributed by atoms with Gasteiger partial charge >= 0.3 is 0 Å². The molecule has 0 aliphatic rings. The van der Waals surface area contributed by atoms with Crippen LogP contribution >= 0.6 is 0 Å². The van der Waals surface area contributed by atoms with Crippen LogP contribution in [0.3, 0.4) is 0 Å². The molecule has 116 valence electrons. The van der Waals surface area contributed by atoms with Crippen molar-refractivity contribution in [2.24, 2.45) is 11.8 Å². The van der Waals surface area contributed by atoms with Gasteiger partial charge in [0.15, 0.2) is 0 Å². The van der Waals surface area contributed by atoms with Gasteiger partial charge in [0, 0.05) is 0 Å². The molecule has 0 aliphatic carbocycles. The molecule has 0 saturated carbocycles. The highest BCUT2D eigenvalue weighted by Gasteiger charge is 2.11. The summed E-state index contributed by atoms with van der Waals surface area (Å²) in [7, 11) is 0. The lowest BCUT2D eigenvalue weighted by molar-refractivity contribution is 0.330. The first-order valence-corrected chi connectivity index (χ1v) is 9.24. The Balaban J connectivity index is 3.55. The summed E-state index contributed by atoms with van der Waals surface area (Å²) >= 11 is 0. The second kappa shape index (κ2) is 14.4. The first-order valence-electron chi connectivity index (χ1n) is 9.24. The van der Waals surface area contributed by atoms with Gasteiger partial charge in [0.25, 0.3) is 0 Å². The Kier molecular flexibility index (Phi) is 14.4. The minimum atomic E-state index is 0.956. The van der Waals surface area contributed by atoms with E-state index in [-0.39, 0.29) is 0 Å². The van der Waals surface area contributed by atoms with Crippen LogP contribution in [0.2, 0.25) is 0 Å². The monoisotopic (exact) mass is 268 g/mol. The Labute approximate surface area is 123 Å². The van der Waals surface area contributed by atoms with Crippen molar-refractivity contribution in [1.29, 1.82) is 0 Å². The molecule has 0 nitrogen and oxygen atoms in total. The van der Waals surface area contributed by atoms with Gasteiger partial charge in [0.05, 0.1) is 0 Å². The van der Waals surface area contributed by atoms with E-state index in [1.54, 1.807) is 0 Å². The smallest absolute Gasteiger partial charge is 0.0414 e. The van der Waals surface area contributed by atoms with Crippen molar-refractivity contribution in [3.63, 3.8) is 0 Å². The van der Waals surface area contributed by atoms with E-state index in [1.807, 2.05) is 0 Å². The Morgan fingerprint density at radius 2 is 1.16 bits per heavy atom. The van der Waals surface area contributed by atoms with Crippen molar-refractivity contribution in [3.8, 4) is 0 Å². The number of hydrogen-bond acceptors (Lipinski definition) is 0. The minimum absolute atomic E-state index is 0.956. The molecule has 0 heterocycles. The van der Waals surface area contributed by atoms with Crippen molar-refractivity contribution >= 4 is 0 Å². The summed E-state index contributed by atoms with van der Waals surface area (Å²) in [5, 5.41) is 0. The van der Waals surface area contributed by atoms with Gasteiger partial charge in [-0.3, -0.25) is 0 Å². The van der Waals surface area contributed by atoms with Crippen LogP contribution in [0.25, 0.3) is 0 Å². The molecule has 0 radical (unpaired) electrons. The zero-order chi connectivity index (χ0) is 14.3. The van der Waals surface area contributed by atoms with Gasteiger partial charge in [-0.25, -0.2) is 0 Å². The van der Waals surface area contributed by atoms with Gasteiger partial charge in [-0.15, -0.1) is 0 Å². The van der Waals surface area contributed by atoms with E-state index >= 15 is 0 Å². The maximum Gasteiger partial charge on any atom is -0.0414 e. The maximum absolute atomic E-state index is 2.48. The van der Waals surface area contributed by atoms with E-state index in [9.17, 15) is 0 Å². The third kappa shape index (κ3) is 12.8. The predicted molar refractivity (Wildman–Crippen MR) is 89.7 cm³/mol. The van der Waals surface area contributed by atoms with Crippen molar-refractivity contribution in [1.82, 2.24) is 0 Å². The zero-order valence-electron chi connectivity index (χ0n) is 14.3. The fourth-order valence-electron chi connectivity index (χ4n) is 3.13. The molecule has 19 heavy (non-hydrogen) atoms. The molecule has 0 heteroatoms. The van der Waals surface area contributed by atoms with Gasteiger partial charge < -0.3 is 0 Å². The van der Waals surface area contributed by atoms with Crippen molar-refractivity contribution in [3.05, 3.63) is 0 Å². The van der Waals surface area contributed by atoms with Gasteiger partial charge in [-0.2, -0.15) is 0 Å². The summed E-state index contributed by atoms with van der Waals surface area (Å²) in [6, 6.07) is 0. The second-order valence-electron chi connectivity index (χ2n) is 6.67. The average Bonchev–Trinajstić information content (AvgIpc) is 2.42. The molecule has 2 unspecified atom stereocenters. The summed E-state index contributed by atoms with van der Waals surface area (Å²) in [4.78, 5) is 0. The number of hydrogen-bond donors (Lipinski definition) is 0. The quantitative estimate of drug-likeness (QED) is 0.288. The van der Waals surface area contributed by atoms with E-state index in [0.717, 1.165) is 11.8 Å². The first-order chi connectivity index (χ1) is 9.24. The Bertz CT molecular complexity index is 161. The summed E-state index contributed by atoms with van der Waals surface area (Å²) < 4.78 is 0. The number of unbranched alkanes of at least 4 members (excludes halogenated alkanes) is 7. The molecule has 0 fully saturated rings. The highest BCUT2D eigenvalue weighted by atomic mass is 14.2. The Morgan fingerprint density at radius 3 is 1.74 bits per heavy atom. The van der Waals surface area contributed by atoms with E-state index in [2.05, 4.69) is 27.7 Å². The van der Waals surface area contributed by atoms with Crippen LogP contribution in [-0.4, -0.2) is 0 Å². The topological polar surface area (TPSA) is 0 Å². The summed E-state index contributed by atoms with van der Waals surface area (Å²) in [5.41, 5.74) is 0. The van der Waals surface area contributed by atoms with Crippen molar-refractivity contribution in [2.75, 3.05) is 0 Å². The fraction of sp³-hybridized carbons (Fsp3) is 1.00. The second-order valence-corrected chi connectivity index (χ2v) is 6.67. The predicted octanol–water partition coefficient (Wildman–Crippen LogP) is 7.37. The summed E-state index contributed by atoms with van der Waals surface area (Å²) in [6.07, 6.45) is 18.7. The normalized spacial score (nSPS) is 14.5. The first kappa shape index (κ1) is 19.0. The molecule has 0 spiro atoms. The maximum atomic E-state index is 2.48. The van der Waals surface area contributed by atoms with Gasteiger partial charge in [-0.1, -0.05) is 105 Å². The molecule has 0 rings (SSSR count). The average molecular weight is 269 g/mol. The summed E-state index contributed by atoms with van der Waals surface area (Å²) in [6.45, 7) is 9.47. The third-order valence-electron chi connectivity index (χ3n) is 4.58. The van der Waals surface area contributed by atoms with Crippen LogP contribution < -0.4 is 0 Å². The van der Waals surface area contributed by atoms with Crippen LogP contribution in [0.4, 0.5) is 0 Å². The molecule has 0 aromatic heterocycles. The molecule has 0 amide bonds. The summed E-state index contributed by atoms with van der Waals surface area (Å²) in [5.74, 6) is 1.96. The molecular weight excluding hydrogens is 228 g/mol. The minimum Gasteiger partial charge on any atom is -0.0654 e.